The van der Waals surface area contributed by atoms with Gasteiger partial charge in [-0.25, -0.2) is 22.2 Å². The minimum atomic E-state index is -4.20. The molecular formula is C21H21ClF2N4O4S2. The van der Waals surface area contributed by atoms with Crippen LogP contribution in [0.4, 0.5) is 20.3 Å². The van der Waals surface area contributed by atoms with Crippen LogP contribution in [0.5, 0.6) is 0 Å². The Morgan fingerprint density at radius 2 is 1.97 bits per heavy atom. The Kier molecular flexibility index (Phi) is 8.78. The van der Waals surface area contributed by atoms with E-state index in [1.165, 1.54) is 34.4 Å². The Balaban J connectivity index is 0.00000103. The van der Waals surface area contributed by atoms with Crippen molar-refractivity contribution in [2.45, 2.75) is 24.4 Å². The van der Waals surface area contributed by atoms with Crippen LogP contribution < -0.4 is 10.0 Å². The molecule has 0 aliphatic carbocycles. The summed E-state index contributed by atoms with van der Waals surface area (Å²) in [6, 6.07) is 7.37. The molecule has 0 unspecified atom stereocenters. The fourth-order valence-electron chi connectivity index (χ4n) is 3.25. The summed E-state index contributed by atoms with van der Waals surface area (Å²) in [5, 5.41) is 10.9. The maximum absolute atomic E-state index is 14.8. The number of carbonyl (C=O) groups is 1. The monoisotopic (exact) mass is 530 g/mol. The number of nitrogens with one attached hydrogen (secondary N) is 2. The summed E-state index contributed by atoms with van der Waals surface area (Å²) in [6.45, 7) is 2.42. The third-order valence-corrected chi connectivity index (χ3v) is 7.35. The van der Waals surface area contributed by atoms with E-state index in [4.69, 9.17) is 21.5 Å². The number of hydrogen-bond donors (Lipinski definition) is 3. The van der Waals surface area contributed by atoms with Crippen LogP contribution in [0.1, 0.15) is 17.5 Å². The van der Waals surface area contributed by atoms with Crippen molar-refractivity contribution in [1.29, 1.82) is 0 Å². The second-order valence-electron chi connectivity index (χ2n) is 7.18. The first-order valence-corrected chi connectivity index (χ1v) is 12.8. The maximum atomic E-state index is 14.8. The van der Waals surface area contributed by atoms with E-state index < -0.39 is 20.7 Å². The molecule has 4 rings (SSSR count). The van der Waals surface area contributed by atoms with Crippen LogP contribution >= 0.6 is 22.9 Å². The fourth-order valence-corrected chi connectivity index (χ4v) is 5.17. The van der Waals surface area contributed by atoms with Crippen molar-refractivity contribution in [2.24, 2.45) is 0 Å². The zero-order chi connectivity index (χ0) is 24.7. The molecule has 2 heterocycles. The number of hydrogen-bond acceptors (Lipinski definition) is 7. The number of thiazole rings is 1. The normalized spacial score (nSPS) is 13.4. The van der Waals surface area contributed by atoms with Gasteiger partial charge in [-0.1, -0.05) is 23.7 Å². The maximum Gasteiger partial charge on any atom is 0.290 e. The third kappa shape index (κ3) is 6.20. The van der Waals surface area contributed by atoms with E-state index in [9.17, 15) is 17.2 Å². The quantitative estimate of drug-likeness (QED) is 0.370. The predicted octanol–water partition coefficient (Wildman–Crippen LogP) is 4.39. The van der Waals surface area contributed by atoms with Crippen LogP contribution in [0, 0.1) is 11.6 Å². The molecule has 2 aromatic carbocycles. The lowest BCUT2D eigenvalue weighted by molar-refractivity contribution is -0.122. The molecule has 1 aliphatic rings. The summed E-state index contributed by atoms with van der Waals surface area (Å²) in [4.78, 5) is 13.8. The number of sulfonamides is 1. The zero-order valence-corrected chi connectivity index (χ0v) is 20.1. The molecular weight excluding hydrogens is 510 g/mol. The van der Waals surface area contributed by atoms with Crippen molar-refractivity contribution >= 4 is 50.9 Å². The van der Waals surface area contributed by atoms with E-state index in [-0.39, 0.29) is 35.4 Å². The molecule has 0 amide bonds. The number of halogens is 3. The molecule has 13 heteroatoms. The lowest BCUT2D eigenvalue weighted by atomic mass is 10.0. The molecule has 1 saturated heterocycles. The minimum absolute atomic E-state index is 0.0815. The lowest BCUT2D eigenvalue weighted by Crippen LogP contribution is -2.36. The summed E-state index contributed by atoms with van der Waals surface area (Å²) < 4.78 is 56.4. The predicted molar refractivity (Wildman–Crippen MR) is 127 cm³/mol. The van der Waals surface area contributed by atoms with Crippen LogP contribution in [0.25, 0.3) is 0 Å². The molecule has 182 valence electrons. The molecule has 1 fully saturated rings. The van der Waals surface area contributed by atoms with E-state index in [1.807, 2.05) is 6.07 Å². The standard InChI is InChI=1S/C20H19ClF2N4O2S2.CH2O2/c21-19-16(5-6-17(20(19)23)31(28,29)26-18-11-30-12-25-18)24-9-14-13(3-1-4-15(14)22)10-27-7-2-8-27;2-1-3/h1,3-6,11-12,24,26H,2,7-10H2;1H,(H,2,3). The van der Waals surface area contributed by atoms with Crippen molar-refractivity contribution in [1.82, 2.24) is 9.88 Å². The third-order valence-electron chi connectivity index (χ3n) is 5.02. The van der Waals surface area contributed by atoms with Gasteiger partial charge in [-0.3, -0.25) is 14.4 Å². The van der Waals surface area contributed by atoms with E-state index in [1.54, 1.807) is 6.07 Å². The number of aromatic nitrogens is 1. The fraction of sp³-hybridized carbons (Fsp3) is 0.238. The Morgan fingerprint density at radius 3 is 2.59 bits per heavy atom. The van der Waals surface area contributed by atoms with Crippen molar-refractivity contribution in [3.05, 3.63) is 69.0 Å². The summed E-state index contributed by atoms with van der Waals surface area (Å²) >= 11 is 7.30. The number of likely N-dealkylation sites (tertiary alicyclic amines) is 1. The lowest BCUT2D eigenvalue weighted by Gasteiger charge is -2.31. The molecule has 0 spiro atoms. The number of anilines is 2. The van der Waals surface area contributed by atoms with Crippen molar-refractivity contribution in [3.63, 3.8) is 0 Å². The van der Waals surface area contributed by atoms with Gasteiger partial charge in [-0.15, -0.1) is 11.3 Å². The second-order valence-corrected chi connectivity index (χ2v) is 9.93. The van der Waals surface area contributed by atoms with Gasteiger partial charge in [0.25, 0.3) is 16.5 Å². The first kappa shape index (κ1) is 25.8. The number of benzene rings is 2. The highest BCUT2D eigenvalue weighted by Gasteiger charge is 2.24. The van der Waals surface area contributed by atoms with Gasteiger partial charge >= 0.3 is 0 Å². The Labute approximate surface area is 204 Å². The largest absolute Gasteiger partial charge is 0.483 e. The summed E-state index contributed by atoms with van der Waals surface area (Å²) in [6.07, 6.45) is 1.13. The van der Waals surface area contributed by atoms with Crippen LogP contribution in [-0.4, -0.2) is 43.0 Å². The highest BCUT2D eigenvalue weighted by Crippen LogP contribution is 2.31. The summed E-state index contributed by atoms with van der Waals surface area (Å²) in [5.41, 5.74) is 2.93. The molecule has 3 aromatic rings. The first-order valence-electron chi connectivity index (χ1n) is 9.96. The molecule has 34 heavy (non-hydrogen) atoms. The van der Waals surface area contributed by atoms with Gasteiger partial charge in [0.05, 0.1) is 11.2 Å². The Morgan fingerprint density at radius 1 is 1.24 bits per heavy atom. The number of carboxylic acid groups (broad SMARTS) is 1. The minimum Gasteiger partial charge on any atom is -0.483 e. The molecule has 0 saturated carbocycles. The zero-order valence-electron chi connectivity index (χ0n) is 17.7. The average molecular weight is 531 g/mol. The van der Waals surface area contributed by atoms with Crippen molar-refractivity contribution in [3.8, 4) is 0 Å². The van der Waals surface area contributed by atoms with Gasteiger partial charge in [0.2, 0.25) is 0 Å². The van der Waals surface area contributed by atoms with E-state index >= 15 is 0 Å². The van der Waals surface area contributed by atoms with Crippen molar-refractivity contribution < 1.29 is 27.1 Å². The molecule has 0 atom stereocenters. The SMILES string of the molecule is O=CO.O=S(=O)(Nc1cscn1)c1ccc(NCc2c(F)cccc2CN2CCC2)c(Cl)c1F. The number of nitrogens with zero attached hydrogens (tertiary/aromatic N) is 2. The second kappa shape index (κ2) is 11.6. The van der Waals surface area contributed by atoms with Gasteiger partial charge in [0.1, 0.15) is 15.7 Å². The van der Waals surface area contributed by atoms with Crippen LogP contribution in [-0.2, 0) is 27.9 Å². The molecule has 3 N–H and O–H groups in total. The van der Waals surface area contributed by atoms with Gasteiger partial charge in [-0.05, 0) is 43.3 Å². The molecule has 1 aliphatic heterocycles. The molecule has 0 radical (unpaired) electrons. The molecule has 1 aromatic heterocycles. The molecule has 0 bridgehead atoms. The average Bonchev–Trinajstić information content (AvgIpc) is 3.25. The molecule has 8 nitrogen and oxygen atoms in total. The van der Waals surface area contributed by atoms with E-state index in [0.717, 1.165) is 31.1 Å². The van der Waals surface area contributed by atoms with E-state index in [0.29, 0.717) is 12.1 Å². The van der Waals surface area contributed by atoms with Gasteiger partial charge < -0.3 is 10.4 Å². The number of rotatable bonds is 8. The van der Waals surface area contributed by atoms with Gasteiger partial charge in [0.15, 0.2) is 11.6 Å². The first-order chi connectivity index (χ1) is 16.3. The summed E-state index contributed by atoms with van der Waals surface area (Å²) in [7, 11) is -4.20. The Hall–Kier alpha value is -2.80. The smallest absolute Gasteiger partial charge is 0.290 e. The Bertz CT molecular complexity index is 1240. The van der Waals surface area contributed by atoms with Crippen molar-refractivity contribution in [2.75, 3.05) is 23.1 Å². The highest BCUT2D eigenvalue weighted by atomic mass is 35.5. The topological polar surface area (TPSA) is 112 Å². The van der Waals surface area contributed by atoms with Gasteiger partial charge in [0, 0.05) is 24.0 Å². The van der Waals surface area contributed by atoms with Crippen LogP contribution in [0.3, 0.4) is 0 Å². The van der Waals surface area contributed by atoms with Crippen LogP contribution in [0.15, 0.2) is 46.1 Å². The van der Waals surface area contributed by atoms with E-state index in [2.05, 4.69) is 19.9 Å². The highest BCUT2D eigenvalue weighted by molar-refractivity contribution is 7.92. The van der Waals surface area contributed by atoms with Gasteiger partial charge in [-0.2, -0.15) is 0 Å². The van der Waals surface area contributed by atoms with Crippen LogP contribution in [0.2, 0.25) is 5.02 Å². The summed E-state index contributed by atoms with van der Waals surface area (Å²) in [5.74, 6) is -1.37.